The number of rotatable bonds is 5. The van der Waals surface area contributed by atoms with Crippen LogP contribution in [0.2, 0.25) is 0 Å². The zero-order valence-corrected chi connectivity index (χ0v) is 15.9. The number of hydrogen-bond acceptors (Lipinski definition) is 6. The third-order valence-corrected chi connectivity index (χ3v) is 5.31. The average molecular weight is 391 g/mol. The first kappa shape index (κ1) is 18.2. The molecule has 3 aromatic rings. The van der Waals surface area contributed by atoms with Crippen molar-refractivity contribution in [3.63, 3.8) is 0 Å². The SMILES string of the molecule is C[C@H](Sc1cc(-c2ccccc2)ncn1)C(=O)c1ccc2c(c1)NC(=O)CO2. The highest BCUT2D eigenvalue weighted by atomic mass is 32.2. The smallest absolute Gasteiger partial charge is 0.262 e. The molecule has 0 saturated carbocycles. The second-order valence-corrected chi connectivity index (χ2v) is 7.64. The average Bonchev–Trinajstić information content (AvgIpc) is 2.73. The van der Waals surface area contributed by atoms with E-state index in [1.165, 1.54) is 18.1 Å². The van der Waals surface area contributed by atoms with E-state index in [4.69, 9.17) is 4.74 Å². The number of hydrogen-bond donors (Lipinski definition) is 1. The van der Waals surface area contributed by atoms with E-state index in [1.807, 2.05) is 43.3 Å². The fraction of sp³-hybridized carbons (Fsp3) is 0.143. The first-order valence-corrected chi connectivity index (χ1v) is 9.63. The predicted octanol–water partition coefficient (Wildman–Crippen LogP) is 3.84. The van der Waals surface area contributed by atoms with Gasteiger partial charge in [0.25, 0.3) is 5.91 Å². The Labute approximate surface area is 166 Å². The van der Waals surface area contributed by atoms with E-state index in [9.17, 15) is 9.59 Å². The Morgan fingerprint density at radius 1 is 1.14 bits per heavy atom. The van der Waals surface area contributed by atoms with Crippen LogP contribution >= 0.6 is 11.8 Å². The number of fused-ring (bicyclic) bond motifs is 1. The van der Waals surface area contributed by atoms with E-state index < -0.39 is 0 Å². The lowest BCUT2D eigenvalue weighted by Gasteiger charge is -2.19. The fourth-order valence-corrected chi connectivity index (χ4v) is 3.77. The number of aromatic nitrogens is 2. The summed E-state index contributed by atoms with van der Waals surface area (Å²) in [6.45, 7) is 1.83. The lowest BCUT2D eigenvalue weighted by Crippen LogP contribution is -2.25. The van der Waals surface area contributed by atoms with Gasteiger partial charge in [-0.15, -0.1) is 0 Å². The van der Waals surface area contributed by atoms with Gasteiger partial charge in [0.15, 0.2) is 12.4 Å². The van der Waals surface area contributed by atoms with Gasteiger partial charge in [-0.3, -0.25) is 9.59 Å². The highest BCUT2D eigenvalue weighted by Crippen LogP contribution is 2.31. The van der Waals surface area contributed by atoms with Crippen molar-refractivity contribution >= 4 is 29.1 Å². The van der Waals surface area contributed by atoms with E-state index in [0.717, 1.165) is 16.3 Å². The van der Waals surface area contributed by atoms with E-state index in [-0.39, 0.29) is 23.5 Å². The van der Waals surface area contributed by atoms with Crippen molar-refractivity contribution < 1.29 is 14.3 Å². The van der Waals surface area contributed by atoms with Gasteiger partial charge >= 0.3 is 0 Å². The number of benzene rings is 2. The Morgan fingerprint density at radius 2 is 1.96 bits per heavy atom. The Hall–Kier alpha value is -3.19. The molecule has 1 aromatic heterocycles. The molecule has 1 N–H and O–H groups in total. The van der Waals surface area contributed by atoms with E-state index >= 15 is 0 Å². The van der Waals surface area contributed by atoms with E-state index in [0.29, 0.717) is 17.0 Å². The Morgan fingerprint density at radius 3 is 2.79 bits per heavy atom. The molecule has 6 nitrogen and oxygen atoms in total. The first-order chi connectivity index (χ1) is 13.6. The summed E-state index contributed by atoms with van der Waals surface area (Å²) in [7, 11) is 0. The number of anilines is 1. The van der Waals surface area contributed by atoms with Crippen molar-refractivity contribution in [2.24, 2.45) is 0 Å². The van der Waals surface area contributed by atoms with E-state index in [1.54, 1.807) is 18.2 Å². The van der Waals surface area contributed by atoms with Gasteiger partial charge in [0.2, 0.25) is 0 Å². The predicted molar refractivity (Wildman–Crippen MR) is 108 cm³/mol. The Balaban J connectivity index is 1.51. The number of ether oxygens (including phenoxy) is 1. The fourth-order valence-electron chi connectivity index (χ4n) is 2.88. The first-order valence-electron chi connectivity index (χ1n) is 8.75. The second-order valence-electron chi connectivity index (χ2n) is 6.28. The van der Waals surface area contributed by atoms with Gasteiger partial charge in [-0.05, 0) is 31.2 Å². The normalized spacial score (nSPS) is 13.8. The molecular weight excluding hydrogens is 374 g/mol. The van der Waals surface area contributed by atoms with Gasteiger partial charge in [-0.25, -0.2) is 9.97 Å². The van der Waals surface area contributed by atoms with Crippen LogP contribution in [0.15, 0.2) is 66.0 Å². The standard InChI is InChI=1S/C21H17N3O3S/c1-13(21(26)15-7-8-18-17(9-15)24-19(25)11-27-18)28-20-10-16(22-12-23-20)14-5-3-2-4-6-14/h2-10,12-13H,11H2,1H3,(H,24,25)/t13-/m0/s1. The third kappa shape index (κ3) is 3.89. The van der Waals surface area contributed by atoms with Crippen LogP contribution in [-0.4, -0.2) is 33.5 Å². The van der Waals surface area contributed by atoms with Gasteiger partial charge < -0.3 is 10.1 Å². The molecule has 1 amide bonds. The summed E-state index contributed by atoms with van der Waals surface area (Å²) in [6.07, 6.45) is 1.51. The van der Waals surface area contributed by atoms with Crippen LogP contribution in [0.1, 0.15) is 17.3 Å². The molecule has 1 atom stereocenters. The summed E-state index contributed by atoms with van der Waals surface area (Å²) in [5.74, 6) is 0.293. The molecule has 7 heteroatoms. The number of carbonyl (C=O) groups is 2. The molecule has 0 fully saturated rings. The third-order valence-electron chi connectivity index (χ3n) is 4.28. The van der Waals surface area contributed by atoms with E-state index in [2.05, 4.69) is 15.3 Å². The number of amides is 1. The van der Waals surface area contributed by atoms with Gasteiger partial charge in [-0.1, -0.05) is 42.1 Å². The van der Waals surface area contributed by atoms with Crippen molar-refractivity contribution in [2.75, 3.05) is 11.9 Å². The summed E-state index contributed by atoms with van der Waals surface area (Å²) in [4.78, 5) is 32.9. The van der Waals surface area contributed by atoms with Crippen molar-refractivity contribution in [2.45, 2.75) is 17.2 Å². The largest absolute Gasteiger partial charge is 0.482 e. The van der Waals surface area contributed by atoms with Crippen LogP contribution in [0.4, 0.5) is 5.69 Å². The maximum atomic E-state index is 12.9. The van der Waals surface area contributed by atoms with Crippen molar-refractivity contribution in [1.82, 2.24) is 9.97 Å². The minimum atomic E-state index is -0.350. The van der Waals surface area contributed by atoms with Crippen LogP contribution in [-0.2, 0) is 4.79 Å². The minimum absolute atomic E-state index is 0.00991. The lowest BCUT2D eigenvalue weighted by molar-refractivity contribution is -0.118. The molecule has 0 aliphatic carbocycles. The monoisotopic (exact) mass is 391 g/mol. The zero-order chi connectivity index (χ0) is 19.5. The van der Waals surface area contributed by atoms with Crippen molar-refractivity contribution in [3.05, 3.63) is 66.5 Å². The van der Waals surface area contributed by atoms with Crippen LogP contribution in [0.5, 0.6) is 5.75 Å². The molecule has 0 spiro atoms. The number of nitrogens with zero attached hydrogens (tertiary/aromatic N) is 2. The molecule has 28 heavy (non-hydrogen) atoms. The minimum Gasteiger partial charge on any atom is -0.482 e. The topological polar surface area (TPSA) is 81.2 Å². The molecule has 0 bridgehead atoms. The van der Waals surface area contributed by atoms with Crippen molar-refractivity contribution in [1.29, 1.82) is 0 Å². The highest BCUT2D eigenvalue weighted by molar-refractivity contribution is 8.00. The zero-order valence-electron chi connectivity index (χ0n) is 15.1. The highest BCUT2D eigenvalue weighted by Gasteiger charge is 2.21. The maximum absolute atomic E-state index is 12.9. The molecule has 0 saturated heterocycles. The van der Waals surface area contributed by atoms with Crippen molar-refractivity contribution in [3.8, 4) is 17.0 Å². The molecule has 1 aliphatic heterocycles. The molecule has 4 rings (SSSR count). The summed E-state index contributed by atoms with van der Waals surface area (Å²) < 4.78 is 5.34. The molecular formula is C21H17N3O3S. The Bertz CT molecular complexity index is 1040. The van der Waals surface area contributed by atoms with Gasteiger partial charge in [0.05, 0.1) is 16.6 Å². The van der Waals surface area contributed by atoms with Gasteiger partial charge in [-0.2, -0.15) is 0 Å². The quantitative estimate of drug-likeness (QED) is 0.404. The summed E-state index contributed by atoms with van der Waals surface area (Å²) >= 11 is 1.37. The Kier molecular flexibility index (Phi) is 5.08. The lowest BCUT2D eigenvalue weighted by atomic mass is 10.1. The number of Topliss-reactive ketones (excluding diaryl/α,β-unsaturated/α-hetero) is 1. The summed E-state index contributed by atoms with van der Waals surface area (Å²) in [5.41, 5.74) is 2.84. The molecule has 0 radical (unpaired) electrons. The van der Waals surface area contributed by atoms with Gasteiger partial charge in [0.1, 0.15) is 17.1 Å². The number of nitrogens with one attached hydrogen (secondary N) is 1. The second kappa shape index (κ2) is 7.82. The van der Waals surface area contributed by atoms with Crippen LogP contribution in [0, 0.1) is 0 Å². The molecule has 2 aromatic carbocycles. The van der Waals surface area contributed by atoms with Gasteiger partial charge in [0, 0.05) is 11.1 Å². The van der Waals surface area contributed by atoms with Crippen LogP contribution < -0.4 is 10.1 Å². The maximum Gasteiger partial charge on any atom is 0.262 e. The number of carbonyl (C=O) groups excluding carboxylic acids is 2. The summed E-state index contributed by atoms with van der Waals surface area (Å²) in [5, 5.41) is 3.10. The molecule has 140 valence electrons. The number of ketones is 1. The number of thioether (sulfide) groups is 1. The van der Waals surface area contributed by atoms with Crippen LogP contribution in [0.25, 0.3) is 11.3 Å². The summed E-state index contributed by atoms with van der Waals surface area (Å²) in [6, 6.07) is 16.8. The van der Waals surface area contributed by atoms with Crippen LogP contribution in [0.3, 0.4) is 0 Å². The molecule has 0 unspecified atom stereocenters. The molecule has 1 aliphatic rings. The molecule has 2 heterocycles.